The van der Waals surface area contributed by atoms with E-state index in [0.717, 1.165) is 29.6 Å². The molecule has 0 bridgehead atoms. The Labute approximate surface area is 178 Å². The second kappa shape index (κ2) is 8.92. The summed E-state index contributed by atoms with van der Waals surface area (Å²) >= 11 is 7.55. The highest BCUT2D eigenvalue weighted by Crippen LogP contribution is 2.39. The van der Waals surface area contributed by atoms with E-state index in [1.54, 1.807) is 24.3 Å². The number of hydrogen-bond acceptors (Lipinski definition) is 6. The number of amides is 1. The molecule has 1 aliphatic rings. The molecule has 0 spiro atoms. The van der Waals surface area contributed by atoms with Crippen LogP contribution in [0.1, 0.15) is 30.5 Å². The average Bonchev–Trinajstić information content (AvgIpc) is 3.27. The van der Waals surface area contributed by atoms with Crippen LogP contribution in [0.5, 0.6) is 5.75 Å². The van der Waals surface area contributed by atoms with E-state index in [1.807, 2.05) is 30.3 Å². The van der Waals surface area contributed by atoms with Crippen molar-refractivity contribution in [3.63, 3.8) is 0 Å². The Morgan fingerprint density at radius 2 is 2.14 bits per heavy atom. The van der Waals surface area contributed by atoms with Gasteiger partial charge in [-0.2, -0.15) is 0 Å². The van der Waals surface area contributed by atoms with Crippen LogP contribution in [-0.2, 0) is 17.9 Å². The molecule has 7 nitrogen and oxygen atoms in total. The normalized spacial score (nSPS) is 13.4. The molecule has 1 saturated carbocycles. The van der Waals surface area contributed by atoms with Crippen LogP contribution in [0.4, 0.5) is 0 Å². The Morgan fingerprint density at radius 1 is 1.31 bits per heavy atom. The van der Waals surface area contributed by atoms with Gasteiger partial charge in [-0.1, -0.05) is 35.5 Å². The third-order valence-electron chi connectivity index (χ3n) is 4.56. The topological polar surface area (TPSA) is 73.4 Å². The third-order valence-corrected chi connectivity index (χ3v) is 5.80. The lowest BCUT2D eigenvalue weighted by atomic mass is 10.3. The fourth-order valence-electron chi connectivity index (χ4n) is 2.87. The van der Waals surface area contributed by atoms with Gasteiger partial charge in [0, 0.05) is 13.1 Å². The summed E-state index contributed by atoms with van der Waals surface area (Å²) in [5, 5.41) is 9.88. The summed E-state index contributed by atoms with van der Waals surface area (Å²) in [6.45, 7) is 0.721. The van der Waals surface area contributed by atoms with Crippen LogP contribution in [0.2, 0.25) is 5.02 Å². The molecule has 1 amide bonds. The fourth-order valence-corrected chi connectivity index (χ4v) is 4.02. The molecule has 2 heterocycles. The second-order valence-electron chi connectivity index (χ2n) is 6.84. The first-order valence-corrected chi connectivity index (χ1v) is 10.7. The van der Waals surface area contributed by atoms with Crippen molar-refractivity contribution in [3.05, 3.63) is 59.3 Å². The first kappa shape index (κ1) is 19.8. The van der Waals surface area contributed by atoms with Crippen LogP contribution in [-0.4, -0.2) is 38.4 Å². The Kier molecular flexibility index (Phi) is 6.10. The maximum Gasteiger partial charge on any atom is 0.233 e. The van der Waals surface area contributed by atoms with E-state index in [9.17, 15) is 4.79 Å². The number of benzene rings is 1. The molecule has 1 fully saturated rings. The molecule has 1 aromatic carbocycles. The second-order valence-corrected chi connectivity index (χ2v) is 8.19. The molecule has 0 unspecified atom stereocenters. The summed E-state index contributed by atoms with van der Waals surface area (Å²) in [6.07, 6.45) is 3.76. The van der Waals surface area contributed by atoms with Crippen LogP contribution in [0.15, 0.2) is 52.2 Å². The Hall–Kier alpha value is -2.45. The van der Waals surface area contributed by atoms with Crippen LogP contribution in [0.3, 0.4) is 0 Å². The van der Waals surface area contributed by atoms with Gasteiger partial charge in [-0.15, -0.1) is 10.2 Å². The summed E-state index contributed by atoms with van der Waals surface area (Å²) in [5.74, 6) is 2.40. The first-order valence-electron chi connectivity index (χ1n) is 9.32. The van der Waals surface area contributed by atoms with E-state index in [4.69, 9.17) is 20.8 Å². The minimum absolute atomic E-state index is 0.00520. The van der Waals surface area contributed by atoms with Crippen molar-refractivity contribution in [1.29, 1.82) is 0 Å². The fraction of sp³-hybridized carbons (Fsp3) is 0.350. The van der Waals surface area contributed by atoms with Crippen LogP contribution >= 0.6 is 23.4 Å². The highest BCUT2D eigenvalue weighted by molar-refractivity contribution is 7.99. The lowest BCUT2D eigenvalue weighted by Gasteiger charge is -2.15. The van der Waals surface area contributed by atoms with Crippen LogP contribution in [0, 0.1) is 0 Å². The van der Waals surface area contributed by atoms with E-state index >= 15 is 0 Å². The zero-order valence-corrected chi connectivity index (χ0v) is 17.5. The molecule has 9 heteroatoms. The summed E-state index contributed by atoms with van der Waals surface area (Å²) in [7, 11) is 1.76. The van der Waals surface area contributed by atoms with Crippen molar-refractivity contribution in [3.8, 4) is 5.75 Å². The molecule has 0 aliphatic heterocycles. The van der Waals surface area contributed by atoms with Gasteiger partial charge in [-0.05, 0) is 37.1 Å². The molecular formula is C20H21ClN4O3S. The Bertz CT molecular complexity index is 972. The molecule has 0 N–H and O–H groups in total. The lowest BCUT2D eigenvalue weighted by Crippen LogP contribution is -2.27. The van der Waals surface area contributed by atoms with Crippen molar-refractivity contribution in [2.45, 2.75) is 37.2 Å². The summed E-state index contributed by atoms with van der Waals surface area (Å²) in [6, 6.07) is 11.4. The van der Waals surface area contributed by atoms with Gasteiger partial charge in [0.1, 0.15) is 18.1 Å². The lowest BCUT2D eigenvalue weighted by molar-refractivity contribution is -0.127. The highest BCUT2D eigenvalue weighted by atomic mass is 35.5. The van der Waals surface area contributed by atoms with Gasteiger partial charge < -0.3 is 14.1 Å². The van der Waals surface area contributed by atoms with Gasteiger partial charge in [-0.25, -0.2) is 0 Å². The van der Waals surface area contributed by atoms with E-state index in [-0.39, 0.29) is 18.3 Å². The van der Waals surface area contributed by atoms with E-state index in [1.165, 1.54) is 11.8 Å². The van der Waals surface area contributed by atoms with Crippen molar-refractivity contribution in [1.82, 2.24) is 19.7 Å². The number of carbonyl (C=O) groups excluding carboxylic acids is 1. The molecule has 152 valence electrons. The van der Waals surface area contributed by atoms with Crippen LogP contribution in [0.25, 0.3) is 0 Å². The minimum Gasteiger partial charge on any atom is -0.484 e. The van der Waals surface area contributed by atoms with E-state index in [2.05, 4.69) is 14.8 Å². The van der Waals surface area contributed by atoms with Crippen molar-refractivity contribution < 1.29 is 13.9 Å². The molecule has 2 aromatic heterocycles. The van der Waals surface area contributed by atoms with E-state index < -0.39 is 0 Å². The molecule has 4 rings (SSSR count). The molecule has 0 atom stereocenters. The number of carbonyl (C=O) groups is 1. The summed E-state index contributed by atoms with van der Waals surface area (Å²) < 4.78 is 13.2. The van der Waals surface area contributed by atoms with Gasteiger partial charge in [0.25, 0.3) is 0 Å². The van der Waals surface area contributed by atoms with Gasteiger partial charge >= 0.3 is 0 Å². The zero-order chi connectivity index (χ0) is 20.2. The largest absolute Gasteiger partial charge is 0.484 e. The van der Waals surface area contributed by atoms with Crippen molar-refractivity contribution >= 4 is 29.3 Å². The quantitative estimate of drug-likeness (QED) is 0.472. The molecule has 3 aromatic rings. The van der Waals surface area contributed by atoms with Crippen molar-refractivity contribution in [2.75, 3.05) is 12.8 Å². The number of hydrogen-bond donors (Lipinski definition) is 0. The number of thioether (sulfide) groups is 1. The maximum absolute atomic E-state index is 12.5. The summed E-state index contributed by atoms with van der Waals surface area (Å²) in [5.41, 5.74) is 0. The number of furan rings is 1. The summed E-state index contributed by atoms with van der Waals surface area (Å²) in [4.78, 5) is 14.1. The molecule has 0 radical (unpaired) electrons. The average molecular weight is 433 g/mol. The van der Waals surface area contributed by atoms with Gasteiger partial charge in [0.2, 0.25) is 5.91 Å². The number of halogens is 1. The number of rotatable bonds is 9. The smallest absolute Gasteiger partial charge is 0.233 e. The molecule has 1 aliphatic carbocycles. The minimum atomic E-state index is 0.00520. The monoisotopic (exact) mass is 432 g/mol. The maximum atomic E-state index is 12.5. The Balaban J connectivity index is 1.38. The molecule has 29 heavy (non-hydrogen) atoms. The predicted molar refractivity (Wildman–Crippen MR) is 110 cm³/mol. The molecule has 0 saturated heterocycles. The van der Waals surface area contributed by atoms with Crippen molar-refractivity contribution in [2.24, 2.45) is 0 Å². The van der Waals surface area contributed by atoms with Gasteiger partial charge in [0.05, 0.1) is 23.6 Å². The number of para-hydroxylation sites is 1. The standard InChI is InChI=1S/C20H21ClN4O3S/c1-24(11-15-5-4-10-27-15)19(26)13-29-20-23-22-18(25(20)14-8-9-14)12-28-17-7-3-2-6-16(17)21/h2-7,10,14H,8-9,11-13H2,1H3. The SMILES string of the molecule is CN(Cc1ccco1)C(=O)CSc1nnc(COc2ccccc2Cl)n1C1CC1. The van der Waals surface area contributed by atoms with Crippen LogP contribution < -0.4 is 4.74 Å². The zero-order valence-electron chi connectivity index (χ0n) is 16.0. The first-order chi connectivity index (χ1) is 14.1. The van der Waals surface area contributed by atoms with Gasteiger partial charge in [-0.3, -0.25) is 9.36 Å². The molecular weight excluding hydrogens is 412 g/mol. The highest BCUT2D eigenvalue weighted by Gasteiger charge is 2.30. The third kappa shape index (κ3) is 4.94. The van der Waals surface area contributed by atoms with Gasteiger partial charge in [0.15, 0.2) is 11.0 Å². The number of nitrogens with zero attached hydrogens (tertiary/aromatic N) is 4. The number of aromatic nitrogens is 3. The predicted octanol–water partition coefficient (Wildman–Crippen LogP) is 4.19. The van der Waals surface area contributed by atoms with E-state index in [0.29, 0.717) is 23.4 Å². The Morgan fingerprint density at radius 3 is 2.86 bits per heavy atom. The number of ether oxygens (including phenoxy) is 1.